The molecule has 0 fully saturated rings. The standard InChI is InChI=1S/C12H12BrNS2/c13-9-6-11(15-8-9)12(7-14)16-10-4-2-1-3-5-10/h1-6,8,12H,7,14H2. The molecule has 4 heteroatoms. The van der Waals surface area contributed by atoms with E-state index in [-0.39, 0.29) is 0 Å². The molecular formula is C12H12BrNS2. The van der Waals surface area contributed by atoms with E-state index in [0.29, 0.717) is 11.8 Å². The lowest BCUT2D eigenvalue weighted by molar-refractivity contribution is 0.960. The summed E-state index contributed by atoms with van der Waals surface area (Å²) < 4.78 is 1.14. The molecule has 1 aromatic carbocycles. The van der Waals surface area contributed by atoms with E-state index in [1.807, 2.05) is 17.8 Å². The van der Waals surface area contributed by atoms with Gasteiger partial charge in [-0.1, -0.05) is 18.2 Å². The van der Waals surface area contributed by atoms with Crippen LogP contribution in [-0.2, 0) is 0 Å². The second-order valence-electron chi connectivity index (χ2n) is 3.32. The lowest BCUT2D eigenvalue weighted by Crippen LogP contribution is -2.07. The molecule has 0 radical (unpaired) electrons. The van der Waals surface area contributed by atoms with Crippen molar-refractivity contribution in [1.29, 1.82) is 0 Å². The van der Waals surface area contributed by atoms with Crippen molar-refractivity contribution in [2.75, 3.05) is 6.54 Å². The van der Waals surface area contributed by atoms with E-state index in [4.69, 9.17) is 5.73 Å². The van der Waals surface area contributed by atoms with Crippen LogP contribution < -0.4 is 5.73 Å². The normalized spacial score (nSPS) is 12.6. The number of hydrogen-bond donors (Lipinski definition) is 1. The third-order valence-corrected chi connectivity index (χ3v) is 5.37. The lowest BCUT2D eigenvalue weighted by atomic mass is 10.3. The van der Waals surface area contributed by atoms with Gasteiger partial charge in [-0.15, -0.1) is 23.1 Å². The third kappa shape index (κ3) is 3.10. The molecule has 0 aliphatic heterocycles. The average molecular weight is 314 g/mol. The summed E-state index contributed by atoms with van der Waals surface area (Å²) in [4.78, 5) is 2.59. The van der Waals surface area contributed by atoms with E-state index in [1.165, 1.54) is 9.77 Å². The van der Waals surface area contributed by atoms with Crippen LogP contribution in [0.25, 0.3) is 0 Å². The van der Waals surface area contributed by atoms with Crippen molar-refractivity contribution in [1.82, 2.24) is 0 Å². The first-order valence-electron chi connectivity index (χ1n) is 4.95. The van der Waals surface area contributed by atoms with Crippen LogP contribution in [0.4, 0.5) is 0 Å². The van der Waals surface area contributed by atoms with Crippen LogP contribution in [0.3, 0.4) is 0 Å². The van der Waals surface area contributed by atoms with Gasteiger partial charge in [0, 0.05) is 26.2 Å². The van der Waals surface area contributed by atoms with Gasteiger partial charge in [0.15, 0.2) is 0 Å². The quantitative estimate of drug-likeness (QED) is 0.851. The van der Waals surface area contributed by atoms with Gasteiger partial charge in [0.25, 0.3) is 0 Å². The Hall–Kier alpha value is -0.290. The molecule has 84 valence electrons. The highest BCUT2D eigenvalue weighted by molar-refractivity contribution is 9.10. The van der Waals surface area contributed by atoms with Gasteiger partial charge in [-0.2, -0.15) is 0 Å². The molecule has 1 nitrogen and oxygen atoms in total. The van der Waals surface area contributed by atoms with Crippen LogP contribution >= 0.6 is 39.0 Å². The maximum atomic E-state index is 5.83. The minimum Gasteiger partial charge on any atom is -0.329 e. The zero-order valence-electron chi connectivity index (χ0n) is 8.60. The molecule has 0 aliphatic carbocycles. The van der Waals surface area contributed by atoms with Crippen LogP contribution in [0.1, 0.15) is 10.1 Å². The van der Waals surface area contributed by atoms with Crippen molar-refractivity contribution >= 4 is 39.0 Å². The largest absolute Gasteiger partial charge is 0.329 e. The monoisotopic (exact) mass is 313 g/mol. The molecule has 1 heterocycles. The van der Waals surface area contributed by atoms with Gasteiger partial charge in [0.05, 0.1) is 5.25 Å². The molecule has 2 aromatic rings. The van der Waals surface area contributed by atoms with Crippen molar-refractivity contribution < 1.29 is 0 Å². The first-order valence-corrected chi connectivity index (χ1v) is 7.50. The molecule has 0 saturated heterocycles. The van der Waals surface area contributed by atoms with Gasteiger partial charge in [0.1, 0.15) is 0 Å². The summed E-state index contributed by atoms with van der Waals surface area (Å²) in [5.74, 6) is 0. The van der Waals surface area contributed by atoms with Crippen molar-refractivity contribution in [3.05, 3.63) is 51.1 Å². The predicted molar refractivity (Wildman–Crippen MR) is 76.1 cm³/mol. The number of thiophene rings is 1. The second-order valence-corrected chi connectivity index (χ2v) is 6.46. The zero-order chi connectivity index (χ0) is 11.4. The molecule has 1 aromatic heterocycles. The van der Waals surface area contributed by atoms with Crippen LogP contribution in [-0.4, -0.2) is 6.54 Å². The molecule has 2 rings (SSSR count). The molecule has 0 spiro atoms. The van der Waals surface area contributed by atoms with Crippen LogP contribution in [0.15, 0.2) is 51.1 Å². The molecule has 1 atom stereocenters. The molecule has 0 saturated carbocycles. The average Bonchev–Trinajstić information content (AvgIpc) is 2.74. The van der Waals surface area contributed by atoms with Gasteiger partial charge in [-0.25, -0.2) is 0 Å². The molecule has 1 unspecified atom stereocenters. The minimum absolute atomic E-state index is 0.346. The first kappa shape index (κ1) is 12.2. The van der Waals surface area contributed by atoms with E-state index in [2.05, 4.69) is 51.6 Å². The predicted octanol–water partition coefficient (Wildman–Crippen LogP) is 4.30. The van der Waals surface area contributed by atoms with Crippen molar-refractivity contribution in [3.8, 4) is 0 Å². The summed E-state index contributed by atoms with van der Waals surface area (Å²) in [5.41, 5.74) is 5.83. The highest BCUT2D eigenvalue weighted by Crippen LogP contribution is 2.38. The van der Waals surface area contributed by atoms with Gasteiger partial charge >= 0.3 is 0 Å². The smallest absolute Gasteiger partial charge is 0.0561 e. The van der Waals surface area contributed by atoms with E-state index < -0.39 is 0 Å². The van der Waals surface area contributed by atoms with Gasteiger partial charge in [-0.3, -0.25) is 0 Å². The van der Waals surface area contributed by atoms with Crippen molar-refractivity contribution in [3.63, 3.8) is 0 Å². The van der Waals surface area contributed by atoms with E-state index in [9.17, 15) is 0 Å². The SMILES string of the molecule is NCC(Sc1ccccc1)c1cc(Br)cs1. The zero-order valence-corrected chi connectivity index (χ0v) is 11.8. The Morgan fingerprint density at radius 3 is 2.62 bits per heavy atom. The van der Waals surface area contributed by atoms with Crippen molar-refractivity contribution in [2.24, 2.45) is 5.73 Å². The van der Waals surface area contributed by atoms with Crippen LogP contribution in [0.2, 0.25) is 0 Å². The molecule has 0 amide bonds. The number of nitrogens with two attached hydrogens (primary N) is 1. The minimum atomic E-state index is 0.346. The molecule has 2 N–H and O–H groups in total. The summed E-state index contributed by atoms with van der Waals surface area (Å²) >= 11 is 7.05. The van der Waals surface area contributed by atoms with Gasteiger partial charge in [-0.05, 0) is 34.1 Å². The highest BCUT2D eigenvalue weighted by atomic mass is 79.9. The summed E-state index contributed by atoms with van der Waals surface area (Å²) in [6, 6.07) is 12.5. The molecule has 0 bridgehead atoms. The fourth-order valence-electron chi connectivity index (χ4n) is 1.38. The maximum absolute atomic E-state index is 5.83. The Balaban J connectivity index is 2.12. The number of halogens is 1. The lowest BCUT2D eigenvalue weighted by Gasteiger charge is -2.12. The molecule has 16 heavy (non-hydrogen) atoms. The van der Waals surface area contributed by atoms with E-state index in [0.717, 1.165) is 4.47 Å². The first-order chi connectivity index (χ1) is 7.79. The Morgan fingerprint density at radius 2 is 2.06 bits per heavy atom. The van der Waals surface area contributed by atoms with E-state index >= 15 is 0 Å². The maximum Gasteiger partial charge on any atom is 0.0561 e. The number of benzene rings is 1. The van der Waals surface area contributed by atoms with Gasteiger partial charge < -0.3 is 5.73 Å². The summed E-state index contributed by atoms with van der Waals surface area (Å²) in [6.45, 7) is 0.659. The summed E-state index contributed by atoms with van der Waals surface area (Å²) in [6.07, 6.45) is 0. The second kappa shape index (κ2) is 5.87. The number of hydrogen-bond acceptors (Lipinski definition) is 3. The van der Waals surface area contributed by atoms with E-state index in [1.54, 1.807) is 11.3 Å². The highest BCUT2D eigenvalue weighted by Gasteiger charge is 2.13. The Morgan fingerprint density at radius 1 is 1.31 bits per heavy atom. The topological polar surface area (TPSA) is 26.0 Å². The van der Waals surface area contributed by atoms with Gasteiger partial charge in [0.2, 0.25) is 0 Å². The third-order valence-electron chi connectivity index (χ3n) is 2.14. The fraction of sp³-hybridized carbons (Fsp3) is 0.167. The Bertz CT molecular complexity index is 441. The van der Waals surface area contributed by atoms with Crippen molar-refractivity contribution in [2.45, 2.75) is 10.1 Å². The molecule has 0 aliphatic rings. The number of rotatable bonds is 4. The fourth-order valence-corrected chi connectivity index (χ4v) is 4.06. The number of thioether (sulfide) groups is 1. The molecular weight excluding hydrogens is 302 g/mol. The Labute approximate surface area is 112 Å². The van der Waals surface area contributed by atoms with Crippen LogP contribution in [0, 0.1) is 0 Å². The summed E-state index contributed by atoms with van der Waals surface area (Å²) in [7, 11) is 0. The van der Waals surface area contributed by atoms with Crippen LogP contribution in [0.5, 0.6) is 0 Å². The Kier molecular flexibility index (Phi) is 4.46. The summed E-state index contributed by atoms with van der Waals surface area (Å²) in [5, 5.41) is 2.45.